The zero-order valence-electron chi connectivity index (χ0n) is 9.44. The molecule has 15 heavy (non-hydrogen) atoms. The fourth-order valence-corrected chi connectivity index (χ4v) is 1.93. The quantitative estimate of drug-likeness (QED) is 0.648. The van der Waals surface area contributed by atoms with Gasteiger partial charge in [0.2, 0.25) is 0 Å². The van der Waals surface area contributed by atoms with E-state index in [1.807, 2.05) is 0 Å². The van der Waals surface area contributed by atoms with Gasteiger partial charge in [-0.2, -0.15) is 0 Å². The van der Waals surface area contributed by atoms with Gasteiger partial charge in [0.1, 0.15) is 6.04 Å². The molecule has 2 unspecified atom stereocenters. The van der Waals surface area contributed by atoms with Crippen LogP contribution in [0.25, 0.3) is 0 Å². The Balaban J connectivity index is 2.67. The Morgan fingerprint density at radius 2 is 2.47 bits per heavy atom. The Bertz CT molecular complexity index is 211. The Kier molecular flexibility index (Phi) is 5.01. The molecule has 0 bridgehead atoms. The average molecular weight is 216 g/mol. The van der Waals surface area contributed by atoms with Gasteiger partial charge in [-0.15, -0.1) is 0 Å². The van der Waals surface area contributed by atoms with E-state index in [1.165, 1.54) is 7.11 Å². The molecule has 0 spiro atoms. The number of morpholine rings is 1. The zero-order chi connectivity index (χ0) is 11.3. The zero-order valence-corrected chi connectivity index (χ0v) is 9.44. The number of hydrogen-bond donors (Lipinski definition) is 1. The molecule has 0 amide bonds. The Labute approximate surface area is 90.5 Å². The molecule has 1 aliphatic heterocycles. The fourth-order valence-electron chi connectivity index (χ4n) is 1.93. The number of nitrogens with two attached hydrogens (primary N) is 1. The van der Waals surface area contributed by atoms with E-state index in [-0.39, 0.29) is 18.1 Å². The van der Waals surface area contributed by atoms with Crippen LogP contribution in [-0.2, 0) is 14.3 Å². The summed E-state index contributed by atoms with van der Waals surface area (Å²) in [4.78, 5) is 13.6. The van der Waals surface area contributed by atoms with E-state index in [0.717, 1.165) is 13.0 Å². The maximum Gasteiger partial charge on any atom is 0.324 e. The van der Waals surface area contributed by atoms with Crippen LogP contribution in [0.2, 0.25) is 0 Å². The van der Waals surface area contributed by atoms with Crippen molar-refractivity contribution in [1.29, 1.82) is 0 Å². The van der Waals surface area contributed by atoms with Gasteiger partial charge in [-0.3, -0.25) is 9.69 Å². The minimum atomic E-state index is -0.330. The van der Waals surface area contributed by atoms with Crippen molar-refractivity contribution in [3.05, 3.63) is 0 Å². The van der Waals surface area contributed by atoms with Crippen LogP contribution in [0, 0.1) is 0 Å². The van der Waals surface area contributed by atoms with Crippen LogP contribution in [-0.4, -0.2) is 56.4 Å². The summed E-state index contributed by atoms with van der Waals surface area (Å²) in [6.45, 7) is 4.45. The molecular formula is C10H20N2O3. The molecule has 0 saturated carbocycles. The molecule has 5 nitrogen and oxygen atoms in total. The second-order valence-corrected chi connectivity index (χ2v) is 3.65. The minimum Gasteiger partial charge on any atom is -0.468 e. The third-order valence-corrected chi connectivity index (χ3v) is 2.84. The maximum atomic E-state index is 11.5. The van der Waals surface area contributed by atoms with Crippen LogP contribution in [0.15, 0.2) is 0 Å². The first-order chi connectivity index (χ1) is 7.24. The van der Waals surface area contributed by atoms with Gasteiger partial charge in [0.05, 0.1) is 20.3 Å². The fraction of sp³-hybridized carbons (Fsp3) is 0.900. The molecule has 1 aliphatic rings. The smallest absolute Gasteiger partial charge is 0.324 e. The molecule has 0 aromatic heterocycles. The van der Waals surface area contributed by atoms with Gasteiger partial charge >= 0.3 is 5.97 Å². The van der Waals surface area contributed by atoms with Crippen molar-refractivity contribution in [2.45, 2.75) is 25.4 Å². The summed E-state index contributed by atoms with van der Waals surface area (Å²) in [5, 5.41) is 0. The second kappa shape index (κ2) is 6.05. The molecule has 88 valence electrons. The normalized spacial score (nSPS) is 24.9. The average Bonchev–Trinajstić information content (AvgIpc) is 2.30. The predicted molar refractivity (Wildman–Crippen MR) is 56.5 cm³/mol. The summed E-state index contributed by atoms with van der Waals surface area (Å²) in [7, 11) is 1.40. The second-order valence-electron chi connectivity index (χ2n) is 3.65. The van der Waals surface area contributed by atoms with Crippen molar-refractivity contribution in [2.75, 3.05) is 33.4 Å². The van der Waals surface area contributed by atoms with Gasteiger partial charge in [0, 0.05) is 19.1 Å². The van der Waals surface area contributed by atoms with Gasteiger partial charge in [0.15, 0.2) is 0 Å². The molecular weight excluding hydrogens is 196 g/mol. The summed E-state index contributed by atoms with van der Waals surface area (Å²) < 4.78 is 10.1. The van der Waals surface area contributed by atoms with Gasteiger partial charge < -0.3 is 15.2 Å². The highest BCUT2D eigenvalue weighted by Crippen LogP contribution is 2.14. The van der Waals surface area contributed by atoms with E-state index in [0.29, 0.717) is 19.8 Å². The first-order valence-electron chi connectivity index (χ1n) is 5.36. The topological polar surface area (TPSA) is 64.8 Å². The maximum absolute atomic E-state index is 11.5. The minimum absolute atomic E-state index is 0.252. The highest BCUT2D eigenvalue weighted by atomic mass is 16.5. The summed E-state index contributed by atoms with van der Waals surface area (Å²) in [6, 6.07) is -0.0600. The van der Waals surface area contributed by atoms with Gasteiger partial charge in [-0.05, 0) is 6.42 Å². The first-order valence-corrected chi connectivity index (χ1v) is 5.36. The van der Waals surface area contributed by atoms with Crippen LogP contribution < -0.4 is 5.73 Å². The van der Waals surface area contributed by atoms with Crippen molar-refractivity contribution in [3.63, 3.8) is 0 Å². The van der Waals surface area contributed by atoms with E-state index in [1.54, 1.807) is 0 Å². The largest absolute Gasteiger partial charge is 0.468 e. The number of hydrogen-bond acceptors (Lipinski definition) is 5. The van der Waals surface area contributed by atoms with Crippen molar-refractivity contribution >= 4 is 5.97 Å². The van der Waals surface area contributed by atoms with Gasteiger partial charge in [0.25, 0.3) is 0 Å². The molecule has 1 saturated heterocycles. The van der Waals surface area contributed by atoms with E-state index >= 15 is 0 Å². The van der Waals surface area contributed by atoms with Crippen molar-refractivity contribution in [3.8, 4) is 0 Å². The predicted octanol–water partition coefficient (Wildman–Crippen LogP) is -0.402. The number of carbonyl (C=O) groups is 1. The Hall–Kier alpha value is -0.650. The standard InChI is InChI=1S/C10H20N2O3/c1-3-8-7-15-5-4-12(8)9(6-11)10(13)14-2/h8-9H,3-7,11H2,1-2H3. The van der Waals surface area contributed by atoms with Crippen LogP contribution in [0.3, 0.4) is 0 Å². The van der Waals surface area contributed by atoms with Crippen molar-refractivity contribution in [2.24, 2.45) is 5.73 Å². The van der Waals surface area contributed by atoms with Crippen LogP contribution >= 0.6 is 0 Å². The van der Waals surface area contributed by atoms with Crippen LogP contribution in [0.4, 0.5) is 0 Å². The molecule has 0 radical (unpaired) electrons. The number of methoxy groups -OCH3 is 1. The summed E-state index contributed by atoms with van der Waals surface area (Å²) in [6.07, 6.45) is 0.952. The van der Waals surface area contributed by atoms with E-state index in [9.17, 15) is 4.79 Å². The summed E-state index contributed by atoms with van der Waals surface area (Å²) >= 11 is 0. The molecule has 1 heterocycles. The summed E-state index contributed by atoms with van der Waals surface area (Å²) in [5.74, 6) is -0.252. The lowest BCUT2D eigenvalue weighted by molar-refractivity contribution is -0.150. The molecule has 2 atom stereocenters. The van der Waals surface area contributed by atoms with Crippen molar-refractivity contribution in [1.82, 2.24) is 4.90 Å². The first kappa shape index (κ1) is 12.4. The molecule has 0 aromatic rings. The molecule has 5 heteroatoms. The third kappa shape index (κ3) is 2.90. The van der Waals surface area contributed by atoms with E-state index in [2.05, 4.69) is 11.8 Å². The van der Waals surface area contributed by atoms with E-state index in [4.69, 9.17) is 15.2 Å². The Morgan fingerprint density at radius 1 is 1.73 bits per heavy atom. The van der Waals surface area contributed by atoms with E-state index < -0.39 is 0 Å². The highest BCUT2D eigenvalue weighted by molar-refractivity contribution is 5.76. The Morgan fingerprint density at radius 3 is 3.00 bits per heavy atom. The van der Waals surface area contributed by atoms with Crippen LogP contribution in [0.1, 0.15) is 13.3 Å². The SMILES string of the molecule is CCC1COCCN1C(CN)C(=O)OC. The lowest BCUT2D eigenvalue weighted by Crippen LogP contribution is -2.56. The highest BCUT2D eigenvalue weighted by Gasteiger charge is 2.32. The molecule has 0 aliphatic carbocycles. The van der Waals surface area contributed by atoms with Gasteiger partial charge in [-0.1, -0.05) is 6.92 Å². The molecule has 2 N–H and O–H groups in total. The van der Waals surface area contributed by atoms with Crippen LogP contribution in [0.5, 0.6) is 0 Å². The number of nitrogens with zero attached hydrogens (tertiary/aromatic N) is 1. The number of esters is 1. The lowest BCUT2D eigenvalue weighted by Gasteiger charge is -2.38. The number of ether oxygens (including phenoxy) is 2. The molecule has 1 fully saturated rings. The summed E-state index contributed by atoms with van der Waals surface area (Å²) in [5.41, 5.74) is 5.61. The molecule has 0 aromatic carbocycles. The number of rotatable bonds is 4. The van der Waals surface area contributed by atoms with Gasteiger partial charge in [-0.25, -0.2) is 0 Å². The number of carbonyl (C=O) groups excluding carboxylic acids is 1. The third-order valence-electron chi connectivity index (χ3n) is 2.84. The lowest BCUT2D eigenvalue weighted by atomic mass is 10.1. The molecule has 1 rings (SSSR count). The van der Waals surface area contributed by atoms with Crippen molar-refractivity contribution < 1.29 is 14.3 Å². The monoisotopic (exact) mass is 216 g/mol.